The number of anilines is 1. The number of fused-ring (bicyclic) bond motifs is 4. The van der Waals surface area contributed by atoms with Crippen molar-refractivity contribution in [3.63, 3.8) is 0 Å². The maximum Gasteiger partial charge on any atom is 0.335 e. The van der Waals surface area contributed by atoms with E-state index in [1.807, 2.05) is 41.0 Å². The number of aromatic nitrogens is 1. The van der Waals surface area contributed by atoms with Gasteiger partial charge in [0.15, 0.2) is 0 Å². The Kier molecular flexibility index (Phi) is 6.66. The molecule has 8 nitrogen and oxygen atoms in total. The lowest BCUT2D eigenvalue weighted by Gasteiger charge is -2.47. The Bertz CT molecular complexity index is 1510. The van der Waals surface area contributed by atoms with Gasteiger partial charge in [-0.25, -0.2) is 9.69 Å². The monoisotopic (exact) mass is 538 g/mol. The summed E-state index contributed by atoms with van der Waals surface area (Å²) in [5.41, 5.74) is 2.00. The molecule has 2 bridgehead atoms. The highest BCUT2D eigenvalue weighted by Crippen LogP contribution is 2.39. The van der Waals surface area contributed by atoms with Crippen molar-refractivity contribution in [2.45, 2.75) is 45.1 Å². The van der Waals surface area contributed by atoms with Crippen LogP contribution in [0.3, 0.4) is 0 Å². The van der Waals surface area contributed by atoms with Crippen molar-refractivity contribution in [2.24, 2.45) is 11.3 Å². The van der Waals surface area contributed by atoms with Gasteiger partial charge in [-0.3, -0.25) is 19.7 Å². The minimum absolute atomic E-state index is 0.0146. The first-order valence-corrected chi connectivity index (χ1v) is 14.0. The van der Waals surface area contributed by atoms with Crippen LogP contribution in [-0.2, 0) is 22.6 Å². The van der Waals surface area contributed by atoms with Crippen LogP contribution in [0.1, 0.15) is 48.9 Å². The number of carbonyl (C=O) groups excluding carboxylic acids is 3. The standard InChI is InChI=1S/C32H34N4O4/c1-21(2)24-13-11-22(12-14-24)16-32(29(38)33-31(40)36(30(32)39)26-7-4-3-5-8-26)20-34-17-23-15-25(19-34)27-9-6-10-28(37)35(27)18-23/h3-14,21,23,25H,15-20H2,1-2H3,(H,33,38,40)/t23-,25+,32-/m1/s1. The Hall–Kier alpha value is -4.04. The number of carbonyl (C=O) groups is 3. The first-order chi connectivity index (χ1) is 19.2. The van der Waals surface area contributed by atoms with Crippen molar-refractivity contribution < 1.29 is 14.4 Å². The topological polar surface area (TPSA) is 91.7 Å². The highest BCUT2D eigenvalue weighted by atomic mass is 16.2. The molecular weight excluding hydrogens is 504 g/mol. The number of pyridine rings is 1. The molecule has 2 saturated heterocycles. The van der Waals surface area contributed by atoms with Crippen LogP contribution in [0, 0.1) is 11.3 Å². The molecule has 0 unspecified atom stereocenters. The van der Waals surface area contributed by atoms with Gasteiger partial charge < -0.3 is 9.47 Å². The van der Waals surface area contributed by atoms with E-state index in [1.165, 1.54) is 5.56 Å². The second-order valence-electron chi connectivity index (χ2n) is 11.8. The number of piperidine rings is 1. The van der Waals surface area contributed by atoms with E-state index in [-0.39, 0.29) is 30.4 Å². The lowest BCUT2D eigenvalue weighted by Crippen LogP contribution is -2.68. The number of rotatable bonds is 6. The Morgan fingerprint density at radius 1 is 0.875 bits per heavy atom. The molecule has 4 heterocycles. The molecule has 0 saturated carbocycles. The number of benzene rings is 2. The highest BCUT2D eigenvalue weighted by Gasteiger charge is 2.55. The van der Waals surface area contributed by atoms with Crippen molar-refractivity contribution in [3.05, 3.63) is 100.0 Å². The number of imide groups is 2. The molecule has 2 fully saturated rings. The molecule has 3 aromatic rings. The van der Waals surface area contributed by atoms with E-state index in [4.69, 9.17) is 0 Å². The fraction of sp³-hybridized carbons (Fsp3) is 0.375. The van der Waals surface area contributed by atoms with Crippen LogP contribution in [-0.4, -0.2) is 46.9 Å². The predicted molar refractivity (Wildman–Crippen MR) is 152 cm³/mol. The Labute approximate surface area is 233 Å². The van der Waals surface area contributed by atoms with Gasteiger partial charge in [-0.1, -0.05) is 62.4 Å². The number of hydrogen-bond acceptors (Lipinski definition) is 5. The summed E-state index contributed by atoms with van der Waals surface area (Å²) in [6, 6.07) is 21.5. The molecule has 3 aliphatic rings. The molecule has 0 radical (unpaired) electrons. The van der Waals surface area contributed by atoms with Crippen molar-refractivity contribution >= 4 is 23.5 Å². The Balaban J connectivity index is 1.37. The Morgan fingerprint density at radius 2 is 1.62 bits per heavy atom. The molecule has 3 atom stereocenters. The van der Waals surface area contributed by atoms with E-state index in [0.717, 1.165) is 22.6 Å². The number of nitrogens with one attached hydrogen (secondary N) is 1. The molecule has 1 aromatic heterocycles. The third-order valence-corrected chi connectivity index (χ3v) is 8.69. The van der Waals surface area contributed by atoms with E-state index >= 15 is 0 Å². The zero-order chi connectivity index (χ0) is 28.0. The second-order valence-corrected chi connectivity index (χ2v) is 11.8. The minimum atomic E-state index is -1.49. The van der Waals surface area contributed by atoms with Gasteiger partial charge in [0.25, 0.3) is 11.5 Å². The van der Waals surface area contributed by atoms with Gasteiger partial charge in [0.05, 0.1) is 5.69 Å². The van der Waals surface area contributed by atoms with E-state index in [2.05, 4.69) is 24.1 Å². The number of hydrogen-bond donors (Lipinski definition) is 1. The predicted octanol–water partition coefficient (Wildman–Crippen LogP) is 3.90. The van der Waals surface area contributed by atoms with Crippen LogP contribution in [0.15, 0.2) is 77.6 Å². The summed E-state index contributed by atoms with van der Waals surface area (Å²) in [5, 5.41) is 2.52. The smallest absolute Gasteiger partial charge is 0.312 e. The molecule has 0 aliphatic carbocycles. The van der Waals surface area contributed by atoms with Crippen LogP contribution in [0.4, 0.5) is 10.5 Å². The zero-order valence-corrected chi connectivity index (χ0v) is 22.9. The number of para-hydroxylation sites is 1. The second kappa shape index (κ2) is 10.2. The van der Waals surface area contributed by atoms with Crippen molar-refractivity contribution in [1.82, 2.24) is 14.8 Å². The first kappa shape index (κ1) is 26.2. The number of barbiturate groups is 1. The van der Waals surface area contributed by atoms with Crippen LogP contribution in [0.25, 0.3) is 0 Å². The van der Waals surface area contributed by atoms with Crippen molar-refractivity contribution in [3.8, 4) is 0 Å². The van der Waals surface area contributed by atoms with Gasteiger partial charge in [0.1, 0.15) is 5.41 Å². The fourth-order valence-electron chi connectivity index (χ4n) is 6.71. The normalized spacial score (nSPS) is 24.7. The number of nitrogens with zero attached hydrogens (tertiary/aromatic N) is 3. The molecule has 1 N–H and O–H groups in total. The molecule has 0 spiro atoms. The van der Waals surface area contributed by atoms with Gasteiger partial charge in [-0.05, 0) is 54.0 Å². The molecule has 4 amide bonds. The SMILES string of the molecule is CC(C)c1ccc(C[C@@]2(CN3C[C@H]4C[C@@H](C3)c3cccc(=O)n3C4)C(=O)NC(=O)N(c3ccccc3)C2=O)cc1. The largest absolute Gasteiger partial charge is 0.335 e. The molecule has 206 valence electrons. The quantitative estimate of drug-likeness (QED) is 0.481. The van der Waals surface area contributed by atoms with Crippen molar-refractivity contribution in [1.29, 1.82) is 0 Å². The molecular formula is C32H34N4O4. The molecule has 2 aromatic carbocycles. The van der Waals surface area contributed by atoms with Gasteiger partial charge in [-0.15, -0.1) is 0 Å². The minimum Gasteiger partial charge on any atom is -0.312 e. The lowest BCUT2D eigenvalue weighted by atomic mass is 9.75. The van der Waals surface area contributed by atoms with Gasteiger partial charge in [0, 0.05) is 43.9 Å². The highest BCUT2D eigenvalue weighted by molar-refractivity contribution is 6.30. The van der Waals surface area contributed by atoms with Gasteiger partial charge in [-0.2, -0.15) is 0 Å². The van der Waals surface area contributed by atoms with Gasteiger partial charge >= 0.3 is 6.03 Å². The van der Waals surface area contributed by atoms with E-state index in [0.29, 0.717) is 31.2 Å². The van der Waals surface area contributed by atoms with Gasteiger partial charge in [0.2, 0.25) is 5.91 Å². The third-order valence-electron chi connectivity index (χ3n) is 8.69. The summed E-state index contributed by atoms with van der Waals surface area (Å²) in [4.78, 5) is 57.0. The number of likely N-dealkylation sites (tertiary alicyclic amines) is 1. The fourth-order valence-corrected chi connectivity index (χ4v) is 6.71. The van der Waals surface area contributed by atoms with Crippen LogP contribution >= 0.6 is 0 Å². The Morgan fingerprint density at radius 3 is 2.35 bits per heavy atom. The van der Waals surface area contributed by atoms with E-state index in [9.17, 15) is 19.2 Å². The molecule has 6 rings (SSSR count). The maximum atomic E-state index is 14.4. The van der Waals surface area contributed by atoms with Crippen LogP contribution < -0.4 is 15.8 Å². The summed E-state index contributed by atoms with van der Waals surface area (Å²) in [5.74, 6) is -0.334. The van der Waals surface area contributed by atoms with Crippen molar-refractivity contribution in [2.75, 3.05) is 24.5 Å². The van der Waals surface area contributed by atoms with E-state index < -0.39 is 23.3 Å². The summed E-state index contributed by atoms with van der Waals surface area (Å²) < 4.78 is 1.87. The number of amides is 4. The average Bonchev–Trinajstić information content (AvgIpc) is 2.93. The molecule has 3 aliphatic heterocycles. The molecule has 40 heavy (non-hydrogen) atoms. The summed E-state index contributed by atoms with van der Waals surface area (Å²) in [6.45, 7) is 6.36. The zero-order valence-electron chi connectivity index (χ0n) is 22.9. The average molecular weight is 539 g/mol. The van der Waals surface area contributed by atoms with Crippen LogP contribution in [0.2, 0.25) is 0 Å². The number of urea groups is 1. The lowest BCUT2D eigenvalue weighted by molar-refractivity contribution is -0.144. The summed E-state index contributed by atoms with van der Waals surface area (Å²) in [6.07, 6.45) is 1.15. The third kappa shape index (κ3) is 4.56. The summed E-state index contributed by atoms with van der Waals surface area (Å²) >= 11 is 0. The van der Waals surface area contributed by atoms with Crippen LogP contribution in [0.5, 0.6) is 0 Å². The van der Waals surface area contributed by atoms with E-state index in [1.54, 1.807) is 36.4 Å². The summed E-state index contributed by atoms with van der Waals surface area (Å²) in [7, 11) is 0. The molecule has 8 heteroatoms. The first-order valence-electron chi connectivity index (χ1n) is 14.0. The maximum absolute atomic E-state index is 14.4.